The van der Waals surface area contributed by atoms with Gasteiger partial charge in [-0.1, -0.05) is 0 Å². The van der Waals surface area contributed by atoms with E-state index in [0.717, 1.165) is 12.8 Å². The number of likely N-dealkylation sites (tertiary alicyclic amines) is 1. The van der Waals surface area contributed by atoms with E-state index in [0.29, 0.717) is 13.0 Å². The number of carbonyl (C=O) groups excluding carboxylic acids is 2. The summed E-state index contributed by atoms with van der Waals surface area (Å²) >= 11 is 0. The van der Waals surface area contributed by atoms with E-state index in [1.54, 1.807) is 4.90 Å². The summed E-state index contributed by atoms with van der Waals surface area (Å²) in [5.74, 6) is -1.01. The topological polar surface area (TPSA) is 85.5 Å². The highest BCUT2D eigenvalue weighted by Gasteiger charge is 2.30. The standard InChI is InChI=1S/C15H18F3N3O3/c16-15(17,18)9-24-13-5-4-10(8-20-13)14(23)21-6-2-1-3-11(21)7-12(19)22/h4-5,8,11H,1-3,6-7,9H2,(H2,19,22)/t11-/m1/s1. The zero-order chi connectivity index (χ0) is 17.7. The van der Waals surface area contributed by atoms with Gasteiger partial charge in [-0.3, -0.25) is 9.59 Å². The second-order valence-corrected chi connectivity index (χ2v) is 5.61. The summed E-state index contributed by atoms with van der Waals surface area (Å²) in [6, 6.07) is 2.31. The van der Waals surface area contributed by atoms with Crippen molar-refractivity contribution in [1.29, 1.82) is 0 Å². The average molecular weight is 345 g/mol. The van der Waals surface area contributed by atoms with E-state index in [9.17, 15) is 22.8 Å². The van der Waals surface area contributed by atoms with Crippen LogP contribution in [0.1, 0.15) is 36.0 Å². The summed E-state index contributed by atoms with van der Waals surface area (Å²) in [5, 5.41) is 0. The molecule has 9 heteroatoms. The lowest BCUT2D eigenvalue weighted by Gasteiger charge is -2.35. The Morgan fingerprint density at radius 3 is 2.67 bits per heavy atom. The quantitative estimate of drug-likeness (QED) is 0.883. The van der Waals surface area contributed by atoms with Gasteiger partial charge in [0.05, 0.1) is 5.56 Å². The van der Waals surface area contributed by atoms with Crippen LogP contribution < -0.4 is 10.5 Å². The fourth-order valence-electron chi connectivity index (χ4n) is 2.63. The van der Waals surface area contributed by atoms with Gasteiger partial charge in [0.1, 0.15) is 0 Å². The van der Waals surface area contributed by atoms with Gasteiger partial charge in [0.15, 0.2) is 6.61 Å². The molecule has 1 aromatic rings. The Hall–Kier alpha value is -2.32. The van der Waals surface area contributed by atoms with Gasteiger partial charge in [0.25, 0.3) is 5.91 Å². The Bertz CT molecular complexity index is 590. The molecule has 2 amide bonds. The number of primary amides is 1. The minimum atomic E-state index is -4.45. The number of ether oxygens (including phenoxy) is 1. The third-order valence-electron chi connectivity index (χ3n) is 3.69. The Morgan fingerprint density at radius 1 is 1.33 bits per heavy atom. The number of pyridine rings is 1. The lowest BCUT2D eigenvalue weighted by Crippen LogP contribution is -2.45. The number of rotatable bonds is 5. The number of piperidine rings is 1. The highest BCUT2D eigenvalue weighted by molar-refractivity contribution is 5.94. The monoisotopic (exact) mass is 345 g/mol. The van der Waals surface area contributed by atoms with Crippen molar-refractivity contribution >= 4 is 11.8 Å². The van der Waals surface area contributed by atoms with Crippen LogP contribution >= 0.6 is 0 Å². The lowest BCUT2D eigenvalue weighted by molar-refractivity contribution is -0.154. The molecule has 1 aliphatic heterocycles. The van der Waals surface area contributed by atoms with Gasteiger partial charge in [-0.2, -0.15) is 13.2 Å². The summed E-state index contributed by atoms with van der Waals surface area (Å²) in [7, 11) is 0. The Kier molecular flexibility index (Phi) is 5.63. The molecule has 0 bridgehead atoms. The molecule has 132 valence electrons. The highest BCUT2D eigenvalue weighted by atomic mass is 19.4. The van der Waals surface area contributed by atoms with E-state index in [-0.39, 0.29) is 29.8 Å². The molecule has 1 aromatic heterocycles. The van der Waals surface area contributed by atoms with Crippen molar-refractivity contribution in [3.63, 3.8) is 0 Å². The number of carbonyl (C=O) groups is 2. The van der Waals surface area contributed by atoms with Gasteiger partial charge in [-0.25, -0.2) is 4.98 Å². The predicted octanol–water partition coefficient (Wildman–Crippen LogP) is 1.89. The number of aromatic nitrogens is 1. The van der Waals surface area contributed by atoms with E-state index in [4.69, 9.17) is 5.73 Å². The second kappa shape index (κ2) is 7.50. The summed E-state index contributed by atoms with van der Waals surface area (Å²) in [6.45, 7) is -0.941. The fraction of sp³-hybridized carbons (Fsp3) is 0.533. The molecule has 1 saturated heterocycles. The average Bonchev–Trinajstić information content (AvgIpc) is 2.52. The van der Waals surface area contributed by atoms with Crippen LogP contribution in [0.5, 0.6) is 5.88 Å². The van der Waals surface area contributed by atoms with Gasteiger partial charge in [0, 0.05) is 31.3 Å². The molecule has 0 aromatic carbocycles. The molecule has 1 aliphatic rings. The Balaban J connectivity index is 2.04. The van der Waals surface area contributed by atoms with Gasteiger partial charge in [-0.15, -0.1) is 0 Å². The van der Waals surface area contributed by atoms with Crippen molar-refractivity contribution < 1.29 is 27.5 Å². The number of nitrogens with zero attached hydrogens (tertiary/aromatic N) is 2. The van der Waals surface area contributed by atoms with E-state index in [1.807, 2.05) is 0 Å². The lowest BCUT2D eigenvalue weighted by atomic mass is 9.98. The molecule has 0 aliphatic carbocycles. The number of nitrogens with two attached hydrogens (primary N) is 1. The molecule has 2 heterocycles. The van der Waals surface area contributed by atoms with Crippen LogP contribution in [0.15, 0.2) is 18.3 Å². The minimum Gasteiger partial charge on any atom is -0.468 e. The minimum absolute atomic E-state index is 0.0892. The Labute approximate surface area is 136 Å². The summed E-state index contributed by atoms with van der Waals surface area (Å²) in [5.41, 5.74) is 5.44. The van der Waals surface area contributed by atoms with Crippen LogP contribution in [0.2, 0.25) is 0 Å². The van der Waals surface area contributed by atoms with Crippen molar-refractivity contribution in [3.05, 3.63) is 23.9 Å². The van der Waals surface area contributed by atoms with Gasteiger partial charge < -0.3 is 15.4 Å². The smallest absolute Gasteiger partial charge is 0.422 e. The van der Waals surface area contributed by atoms with Crippen molar-refractivity contribution in [1.82, 2.24) is 9.88 Å². The maximum atomic E-state index is 12.5. The van der Waals surface area contributed by atoms with Crippen molar-refractivity contribution in [3.8, 4) is 5.88 Å². The highest BCUT2D eigenvalue weighted by Crippen LogP contribution is 2.22. The molecule has 0 radical (unpaired) electrons. The maximum Gasteiger partial charge on any atom is 0.422 e. The van der Waals surface area contributed by atoms with Crippen LogP contribution in [0.3, 0.4) is 0 Å². The van der Waals surface area contributed by atoms with E-state index in [2.05, 4.69) is 9.72 Å². The van der Waals surface area contributed by atoms with Crippen molar-refractivity contribution in [2.75, 3.05) is 13.2 Å². The molecule has 6 nitrogen and oxygen atoms in total. The number of amides is 2. The third-order valence-corrected chi connectivity index (χ3v) is 3.69. The van der Waals surface area contributed by atoms with Crippen LogP contribution in [0.25, 0.3) is 0 Å². The zero-order valence-corrected chi connectivity index (χ0v) is 12.9. The van der Waals surface area contributed by atoms with Gasteiger partial charge in [-0.05, 0) is 25.3 Å². The van der Waals surface area contributed by atoms with Crippen LogP contribution in [-0.2, 0) is 4.79 Å². The molecular formula is C15H18F3N3O3. The number of halogens is 3. The molecule has 1 fully saturated rings. The predicted molar refractivity (Wildman–Crippen MR) is 78.3 cm³/mol. The van der Waals surface area contributed by atoms with E-state index >= 15 is 0 Å². The van der Waals surface area contributed by atoms with E-state index in [1.165, 1.54) is 18.3 Å². The van der Waals surface area contributed by atoms with Crippen LogP contribution in [-0.4, -0.2) is 47.1 Å². The zero-order valence-electron chi connectivity index (χ0n) is 12.9. The molecule has 0 spiro atoms. The first-order valence-electron chi connectivity index (χ1n) is 7.51. The number of alkyl halides is 3. The van der Waals surface area contributed by atoms with Gasteiger partial charge >= 0.3 is 6.18 Å². The second-order valence-electron chi connectivity index (χ2n) is 5.61. The summed E-state index contributed by atoms with van der Waals surface area (Å²) < 4.78 is 40.8. The van der Waals surface area contributed by atoms with Crippen molar-refractivity contribution in [2.24, 2.45) is 5.73 Å². The normalized spacial score (nSPS) is 18.3. The first-order chi connectivity index (χ1) is 11.3. The van der Waals surface area contributed by atoms with Crippen LogP contribution in [0.4, 0.5) is 13.2 Å². The number of hydrogen-bond acceptors (Lipinski definition) is 4. The molecule has 1 atom stereocenters. The molecular weight excluding hydrogens is 327 g/mol. The van der Waals surface area contributed by atoms with Crippen LogP contribution in [0, 0.1) is 0 Å². The summed E-state index contributed by atoms with van der Waals surface area (Å²) in [6.07, 6.45) is -0.776. The first-order valence-corrected chi connectivity index (χ1v) is 7.51. The molecule has 0 unspecified atom stereocenters. The van der Waals surface area contributed by atoms with E-state index < -0.39 is 18.7 Å². The Morgan fingerprint density at radius 2 is 2.08 bits per heavy atom. The summed E-state index contributed by atoms with van der Waals surface area (Å²) in [4.78, 5) is 29.0. The van der Waals surface area contributed by atoms with Crippen molar-refractivity contribution in [2.45, 2.75) is 37.9 Å². The fourth-order valence-corrected chi connectivity index (χ4v) is 2.63. The SMILES string of the molecule is NC(=O)C[C@H]1CCCCN1C(=O)c1ccc(OCC(F)(F)F)nc1. The number of hydrogen-bond donors (Lipinski definition) is 1. The molecule has 2 rings (SSSR count). The largest absolute Gasteiger partial charge is 0.468 e. The first kappa shape index (κ1) is 18.0. The molecule has 2 N–H and O–H groups in total. The van der Waals surface area contributed by atoms with Gasteiger partial charge in [0.2, 0.25) is 11.8 Å². The maximum absolute atomic E-state index is 12.5. The molecule has 24 heavy (non-hydrogen) atoms. The molecule has 0 saturated carbocycles. The third kappa shape index (κ3) is 5.10.